The molecule has 0 saturated carbocycles. The molecule has 0 saturated heterocycles. The zero-order valence-corrected chi connectivity index (χ0v) is 14.8. The van der Waals surface area contributed by atoms with Crippen LogP contribution in [0.15, 0.2) is 36.4 Å². The third-order valence-corrected chi connectivity index (χ3v) is 4.32. The lowest BCUT2D eigenvalue weighted by atomic mass is 10.0. The van der Waals surface area contributed by atoms with Crippen molar-refractivity contribution in [1.29, 1.82) is 0 Å². The van der Waals surface area contributed by atoms with Crippen LogP contribution in [0.25, 0.3) is 0 Å². The van der Waals surface area contributed by atoms with Gasteiger partial charge in [-0.3, -0.25) is 4.79 Å². The number of nitrogens with one attached hydrogen (secondary N) is 1. The topological polar surface area (TPSA) is 56.8 Å². The molecule has 0 bridgehead atoms. The van der Waals surface area contributed by atoms with E-state index in [1.807, 2.05) is 13.0 Å². The molecule has 3 rings (SSSR count). The van der Waals surface area contributed by atoms with Crippen LogP contribution in [-0.4, -0.2) is 32.8 Å². The largest absolute Gasteiger partial charge is 0.493 e. The Kier molecular flexibility index (Phi) is 5.12. The summed E-state index contributed by atoms with van der Waals surface area (Å²) in [5.74, 6) is 1.79. The number of amides is 1. The molecule has 1 atom stereocenters. The average Bonchev–Trinajstić information content (AvgIpc) is 3.08. The lowest BCUT2D eigenvalue weighted by Crippen LogP contribution is -2.34. The molecule has 0 aliphatic carbocycles. The van der Waals surface area contributed by atoms with Crippen molar-refractivity contribution < 1.29 is 19.0 Å². The van der Waals surface area contributed by atoms with Crippen LogP contribution in [0.2, 0.25) is 0 Å². The van der Waals surface area contributed by atoms with Crippen LogP contribution in [0.1, 0.15) is 28.4 Å². The van der Waals surface area contributed by atoms with Gasteiger partial charge in [-0.25, -0.2) is 0 Å². The summed E-state index contributed by atoms with van der Waals surface area (Å²) in [7, 11) is 3.09. The van der Waals surface area contributed by atoms with Gasteiger partial charge in [-0.1, -0.05) is 18.2 Å². The Hall–Kier alpha value is -2.69. The Bertz CT molecular complexity index is 772. The monoisotopic (exact) mass is 341 g/mol. The molecule has 1 aliphatic rings. The fraction of sp³-hybridized carbons (Fsp3) is 0.350. The summed E-state index contributed by atoms with van der Waals surface area (Å²) < 4.78 is 16.1. The van der Waals surface area contributed by atoms with Gasteiger partial charge in [0.1, 0.15) is 5.75 Å². The predicted molar refractivity (Wildman–Crippen MR) is 95.8 cm³/mol. The van der Waals surface area contributed by atoms with Gasteiger partial charge in [0.2, 0.25) is 0 Å². The van der Waals surface area contributed by atoms with E-state index in [-0.39, 0.29) is 11.9 Å². The number of rotatable bonds is 6. The fourth-order valence-electron chi connectivity index (χ4n) is 3.14. The number of para-hydroxylation sites is 1. The van der Waals surface area contributed by atoms with Gasteiger partial charge in [0.25, 0.3) is 5.91 Å². The minimum atomic E-state index is -0.173. The van der Waals surface area contributed by atoms with Gasteiger partial charge >= 0.3 is 0 Å². The number of ether oxygens (including phenoxy) is 3. The van der Waals surface area contributed by atoms with E-state index in [2.05, 4.69) is 17.4 Å². The SMILES string of the molecule is COc1cccc(C(=O)NC(C)Cc2ccc3c(c2)CCO3)c1OC. The number of fused-ring (bicyclic) bond motifs is 1. The van der Waals surface area contributed by atoms with Gasteiger partial charge in [0.05, 0.1) is 26.4 Å². The molecule has 132 valence electrons. The molecule has 1 N–H and O–H groups in total. The van der Waals surface area contributed by atoms with E-state index in [1.54, 1.807) is 25.3 Å². The van der Waals surface area contributed by atoms with Crippen molar-refractivity contribution in [2.45, 2.75) is 25.8 Å². The molecule has 2 aromatic rings. The Morgan fingerprint density at radius 3 is 2.84 bits per heavy atom. The van der Waals surface area contributed by atoms with Gasteiger partial charge in [-0.2, -0.15) is 0 Å². The Morgan fingerprint density at radius 2 is 2.08 bits per heavy atom. The molecule has 1 amide bonds. The smallest absolute Gasteiger partial charge is 0.255 e. The number of benzene rings is 2. The van der Waals surface area contributed by atoms with Crippen molar-refractivity contribution in [2.24, 2.45) is 0 Å². The van der Waals surface area contributed by atoms with Gasteiger partial charge in [0, 0.05) is 12.5 Å². The Balaban J connectivity index is 1.69. The summed E-state index contributed by atoms with van der Waals surface area (Å²) in [6, 6.07) is 11.5. The summed E-state index contributed by atoms with van der Waals surface area (Å²) in [6.07, 6.45) is 1.70. The first-order chi connectivity index (χ1) is 12.1. The molecule has 0 fully saturated rings. The summed E-state index contributed by atoms with van der Waals surface area (Å²) >= 11 is 0. The molecule has 0 aromatic heterocycles. The van der Waals surface area contributed by atoms with Crippen LogP contribution in [0.4, 0.5) is 0 Å². The molecule has 1 aliphatic heterocycles. The molecule has 5 nitrogen and oxygen atoms in total. The first-order valence-corrected chi connectivity index (χ1v) is 8.39. The number of carbonyl (C=O) groups is 1. The second-order valence-corrected chi connectivity index (χ2v) is 6.16. The van der Waals surface area contributed by atoms with Crippen LogP contribution >= 0.6 is 0 Å². The molecule has 1 heterocycles. The number of methoxy groups -OCH3 is 2. The van der Waals surface area contributed by atoms with E-state index in [9.17, 15) is 4.79 Å². The first-order valence-electron chi connectivity index (χ1n) is 8.39. The van der Waals surface area contributed by atoms with E-state index in [4.69, 9.17) is 14.2 Å². The molecule has 0 spiro atoms. The Morgan fingerprint density at radius 1 is 1.24 bits per heavy atom. The molecule has 25 heavy (non-hydrogen) atoms. The van der Waals surface area contributed by atoms with Crippen molar-refractivity contribution in [2.75, 3.05) is 20.8 Å². The van der Waals surface area contributed by atoms with E-state index >= 15 is 0 Å². The quantitative estimate of drug-likeness (QED) is 0.877. The van der Waals surface area contributed by atoms with E-state index in [0.29, 0.717) is 17.1 Å². The zero-order valence-electron chi connectivity index (χ0n) is 14.8. The average molecular weight is 341 g/mol. The van der Waals surface area contributed by atoms with Crippen molar-refractivity contribution >= 4 is 5.91 Å². The van der Waals surface area contributed by atoms with Gasteiger partial charge in [-0.05, 0) is 42.7 Å². The van der Waals surface area contributed by atoms with E-state index < -0.39 is 0 Å². The standard InChI is InChI=1S/C20H23NO4/c1-13(11-14-7-8-17-15(12-14)9-10-25-17)21-20(22)16-5-4-6-18(23-2)19(16)24-3/h4-8,12-13H,9-11H2,1-3H3,(H,21,22). The van der Waals surface area contributed by atoms with Gasteiger partial charge in [-0.15, -0.1) is 0 Å². The maximum Gasteiger partial charge on any atom is 0.255 e. The van der Waals surface area contributed by atoms with Crippen molar-refractivity contribution in [3.8, 4) is 17.2 Å². The number of hydrogen-bond acceptors (Lipinski definition) is 4. The minimum Gasteiger partial charge on any atom is -0.493 e. The van der Waals surface area contributed by atoms with Crippen LogP contribution < -0.4 is 19.5 Å². The molecule has 0 radical (unpaired) electrons. The van der Waals surface area contributed by atoms with E-state index in [0.717, 1.165) is 25.2 Å². The fourth-order valence-corrected chi connectivity index (χ4v) is 3.14. The normalized spacial score (nSPS) is 13.6. The highest BCUT2D eigenvalue weighted by Gasteiger charge is 2.19. The molecule has 1 unspecified atom stereocenters. The third-order valence-electron chi connectivity index (χ3n) is 4.32. The first kappa shape index (κ1) is 17.1. The predicted octanol–water partition coefficient (Wildman–Crippen LogP) is 3.00. The van der Waals surface area contributed by atoms with Gasteiger partial charge in [0.15, 0.2) is 11.5 Å². The molecule has 2 aromatic carbocycles. The van der Waals surface area contributed by atoms with Gasteiger partial charge < -0.3 is 19.5 Å². The summed E-state index contributed by atoms with van der Waals surface area (Å²) in [4.78, 5) is 12.6. The highest BCUT2D eigenvalue weighted by Crippen LogP contribution is 2.30. The molecule has 5 heteroatoms. The summed E-state index contributed by atoms with van der Waals surface area (Å²) in [5.41, 5.74) is 2.90. The maximum absolute atomic E-state index is 12.6. The molecular weight excluding hydrogens is 318 g/mol. The number of carbonyl (C=O) groups excluding carboxylic acids is 1. The number of hydrogen-bond donors (Lipinski definition) is 1. The van der Waals surface area contributed by atoms with Crippen molar-refractivity contribution in [3.63, 3.8) is 0 Å². The van der Waals surface area contributed by atoms with Crippen LogP contribution in [0.3, 0.4) is 0 Å². The Labute approximate surface area is 147 Å². The lowest BCUT2D eigenvalue weighted by Gasteiger charge is -2.17. The van der Waals surface area contributed by atoms with Crippen LogP contribution in [0.5, 0.6) is 17.2 Å². The second kappa shape index (κ2) is 7.47. The highest BCUT2D eigenvalue weighted by molar-refractivity contribution is 5.98. The summed E-state index contributed by atoms with van der Waals surface area (Å²) in [6.45, 7) is 2.75. The molecular formula is C20H23NO4. The van der Waals surface area contributed by atoms with Crippen molar-refractivity contribution in [1.82, 2.24) is 5.32 Å². The van der Waals surface area contributed by atoms with Crippen molar-refractivity contribution in [3.05, 3.63) is 53.1 Å². The highest BCUT2D eigenvalue weighted by atomic mass is 16.5. The minimum absolute atomic E-state index is 0.0104. The maximum atomic E-state index is 12.6. The van der Waals surface area contributed by atoms with Crippen LogP contribution in [0, 0.1) is 0 Å². The van der Waals surface area contributed by atoms with Crippen LogP contribution in [-0.2, 0) is 12.8 Å². The van der Waals surface area contributed by atoms with E-state index in [1.165, 1.54) is 18.2 Å². The summed E-state index contributed by atoms with van der Waals surface area (Å²) in [5, 5.41) is 3.03. The lowest BCUT2D eigenvalue weighted by molar-refractivity contribution is 0.0936. The zero-order chi connectivity index (χ0) is 17.8. The second-order valence-electron chi connectivity index (χ2n) is 6.16. The third kappa shape index (κ3) is 3.71.